The van der Waals surface area contributed by atoms with Gasteiger partial charge in [0.15, 0.2) is 5.11 Å². The zero-order valence-electron chi connectivity index (χ0n) is 10.9. The predicted octanol–water partition coefficient (Wildman–Crippen LogP) is 1.83. The topological polar surface area (TPSA) is 45.6 Å². The third-order valence-corrected chi connectivity index (χ3v) is 2.46. The molecule has 18 heavy (non-hydrogen) atoms. The Kier molecular flexibility index (Phi) is 6.32. The molecule has 2 N–H and O–H groups in total. The fourth-order valence-corrected chi connectivity index (χ4v) is 1.62. The maximum atomic E-state index is 5.09. The highest BCUT2D eigenvalue weighted by molar-refractivity contribution is 7.80. The highest BCUT2D eigenvalue weighted by Crippen LogP contribution is 1.99. The monoisotopic (exact) mass is 265 g/mol. The quantitative estimate of drug-likeness (QED) is 0.484. The molecule has 0 spiro atoms. The van der Waals surface area contributed by atoms with Crippen LogP contribution in [-0.4, -0.2) is 31.1 Å². The molecule has 1 rings (SSSR count). The number of rotatable bonds is 5. The molecule has 0 radical (unpaired) electrons. The van der Waals surface area contributed by atoms with Crippen molar-refractivity contribution >= 4 is 23.5 Å². The van der Waals surface area contributed by atoms with Gasteiger partial charge in [-0.25, -0.2) is 0 Å². The van der Waals surface area contributed by atoms with Crippen LogP contribution in [0.1, 0.15) is 18.1 Å². The summed E-state index contributed by atoms with van der Waals surface area (Å²) in [5.74, 6) is 0. The molecule has 0 heterocycles. The van der Waals surface area contributed by atoms with Gasteiger partial charge in [0.2, 0.25) is 0 Å². The standard InChI is InChI=1S/C13H19N3OS/c1-10-4-6-12(7-5-10)8-14-16-13(18)15-11(2)9-17-3/h4-8,11H,9H2,1-3H3,(H2,15,16,18)/b14-8-/t11-/m1/s1. The van der Waals surface area contributed by atoms with E-state index in [0.717, 1.165) is 5.56 Å². The Morgan fingerprint density at radius 3 is 2.72 bits per heavy atom. The van der Waals surface area contributed by atoms with Gasteiger partial charge in [0, 0.05) is 13.2 Å². The predicted molar refractivity (Wildman–Crippen MR) is 79.0 cm³/mol. The number of hydrogen-bond donors (Lipinski definition) is 2. The minimum Gasteiger partial charge on any atom is -0.383 e. The van der Waals surface area contributed by atoms with Gasteiger partial charge in [-0.1, -0.05) is 29.8 Å². The molecule has 0 amide bonds. The second-order valence-electron chi connectivity index (χ2n) is 4.11. The number of hydrazone groups is 1. The molecule has 0 saturated heterocycles. The van der Waals surface area contributed by atoms with Crippen molar-refractivity contribution in [3.8, 4) is 0 Å². The van der Waals surface area contributed by atoms with Crippen molar-refractivity contribution in [3.05, 3.63) is 35.4 Å². The van der Waals surface area contributed by atoms with Gasteiger partial charge in [-0.15, -0.1) is 0 Å². The molecule has 98 valence electrons. The number of ether oxygens (including phenoxy) is 1. The van der Waals surface area contributed by atoms with E-state index in [1.165, 1.54) is 5.56 Å². The summed E-state index contributed by atoms with van der Waals surface area (Å²) >= 11 is 5.09. The lowest BCUT2D eigenvalue weighted by atomic mass is 10.2. The molecule has 1 atom stereocenters. The Bertz CT molecular complexity index is 403. The average Bonchev–Trinajstić information content (AvgIpc) is 2.32. The highest BCUT2D eigenvalue weighted by Gasteiger charge is 2.01. The Labute approximate surface area is 113 Å². The van der Waals surface area contributed by atoms with Crippen LogP contribution in [-0.2, 0) is 4.74 Å². The van der Waals surface area contributed by atoms with Crippen LogP contribution in [0.4, 0.5) is 0 Å². The summed E-state index contributed by atoms with van der Waals surface area (Å²) < 4.78 is 5.00. The first-order valence-electron chi connectivity index (χ1n) is 5.77. The van der Waals surface area contributed by atoms with E-state index in [0.29, 0.717) is 11.7 Å². The molecule has 4 nitrogen and oxygen atoms in total. The van der Waals surface area contributed by atoms with Crippen molar-refractivity contribution in [2.45, 2.75) is 19.9 Å². The first-order chi connectivity index (χ1) is 8.61. The third kappa shape index (κ3) is 5.75. The molecular weight excluding hydrogens is 246 g/mol. The summed E-state index contributed by atoms with van der Waals surface area (Å²) in [5.41, 5.74) is 5.03. The van der Waals surface area contributed by atoms with Crippen LogP contribution in [0.5, 0.6) is 0 Å². The SMILES string of the molecule is COC[C@@H](C)NC(=S)N/N=C\c1ccc(C)cc1. The van der Waals surface area contributed by atoms with Gasteiger partial charge >= 0.3 is 0 Å². The van der Waals surface area contributed by atoms with Crippen molar-refractivity contribution in [2.24, 2.45) is 5.10 Å². The number of benzene rings is 1. The Hall–Kier alpha value is -1.46. The molecule has 0 fully saturated rings. The highest BCUT2D eigenvalue weighted by atomic mass is 32.1. The van der Waals surface area contributed by atoms with Crippen molar-refractivity contribution in [2.75, 3.05) is 13.7 Å². The number of nitrogens with zero attached hydrogens (tertiary/aromatic N) is 1. The third-order valence-electron chi connectivity index (χ3n) is 2.25. The molecule has 1 aromatic carbocycles. The summed E-state index contributed by atoms with van der Waals surface area (Å²) in [5, 5.41) is 7.61. The van der Waals surface area contributed by atoms with Crippen LogP contribution in [0.2, 0.25) is 0 Å². The normalized spacial score (nSPS) is 12.4. The summed E-state index contributed by atoms with van der Waals surface area (Å²) in [4.78, 5) is 0. The van der Waals surface area contributed by atoms with Crippen molar-refractivity contribution in [1.29, 1.82) is 0 Å². The maximum absolute atomic E-state index is 5.09. The van der Waals surface area contributed by atoms with E-state index in [4.69, 9.17) is 17.0 Å². The minimum absolute atomic E-state index is 0.157. The summed E-state index contributed by atoms with van der Waals surface area (Å²) in [6, 6.07) is 8.25. The Balaban J connectivity index is 2.35. The molecule has 5 heteroatoms. The van der Waals surface area contributed by atoms with Crippen LogP contribution in [0.3, 0.4) is 0 Å². The number of nitrogens with one attached hydrogen (secondary N) is 2. The molecule has 0 aromatic heterocycles. The number of thiocarbonyl (C=S) groups is 1. The lowest BCUT2D eigenvalue weighted by molar-refractivity contribution is 0.179. The Morgan fingerprint density at radius 1 is 1.44 bits per heavy atom. The van der Waals surface area contributed by atoms with Crippen LogP contribution in [0.25, 0.3) is 0 Å². The van der Waals surface area contributed by atoms with E-state index in [2.05, 4.69) is 22.8 Å². The van der Waals surface area contributed by atoms with Crippen molar-refractivity contribution in [3.63, 3.8) is 0 Å². The van der Waals surface area contributed by atoms with E-state index in [1.54, 1.807) is 13.3 Å². The number of aryl methyl sites for hydroxylation is 1. The molecule has 0 saturated carbocycles. The lowest BCUT2D eigenvalue weighted by Crippen LogP contribution is -2.40. The fraction of sp³-hybridized carbons (Fsp3) is 0.385. The molecule has 0 aliphatic heterocycles. The molecule has 0 aliphatic rings. The van der Waals surface area contributed by atoms with Crippen molar-refractivity contribution in [1.82, 2.24) is 10.7 Å². The van der Waals surface area contributed by atoms with E-state index in [1.807, 2.05) is 31.2 Å². The van der Waals surface area contributed by atoms with Crippen LogP contribution < -0.4 is 10.7 Å². The molecule has 0 aliphatic carbocycles. The summed E-state index contributed by atoms with van der Waals surface area (Å²) in [7, 11) is 1.66. The van der Waals surface area contributed by atoms with Crippen LogP contribution in [0, 0.1) is 6.92 Å². The molecule has 0 unspecified atom stereocenters. The van der Waals surface area contributed by atoms with Gasteiger partial charge < -0.3 is 10.1 Å². The zero-order chi connectivity index (χ0) is 13.4. The maximum Gasteiger partial charge on any atom is 0.187 e. The number of methoxy groups -OCH3 is 1. The van der Waals surface area contributed by atoms with Crippen molar-refractivity contribution < 1.29 is 4.74 Å². The average molecular weight is 265 g/mol. The van der Waals surface area contributed by atoms with Gasteiger partial charge in [-0.3, -0.25) is 5.43 Å². The molecule has 1 aromatic rings. The van der Waals surface area contributed by atoms with Gasteiger partial charge in [-0.05, 0) is 31.6 Å². The molecule has 0 bridgehead atoms. The summed E-state index contributed by atoms with van der Waals surface area (Å²) in [6.07, 6.45) is 1.73. The van der Waals surface area contributed by atoms with Crippen LogP contribution >= 0.6 is 12.2 Å². The van der Waals surface area contributed by atoms with E-state index >= 15 is 0 Å². The van der Waals surface area contributed by atoms with Gasteiger partial charge in [-0.2, -0.15) is 5.10 Å². The second kappa shape index (κ2) is 7.79. The smallest absolute Gasteiger partial charge is 0.187 e. The number of hydrogen-bond acceptors (Lipinski definition) is 3. The van der Waals surface area contributed by atoms with E-state index in [9.17, 15) is 0 Å². The first kappa shape index (κ1) is 14.6. The lowest BCUT2D eigenvalue weighted by Gasteiger charge is -2.13. The zero-order valence-corrected chi connectivity index (χ0v) is 11.8. The van der Waals surface area contributed by atoms with E-state index < -0.39 is 0 Å². The Morgan fingerprint density at radius 2 is 2.11 bits per heavy atom. The summed E-state index contributed by atoms with van der Waals surface area (Å²) in [6.45, 7) is 4.64. The van der Waals surface area contributed by atoms with E-state index in [-0.39, 0.29) is 6.04 Å². The molecular formula is C13H19N3OS. The second-order valence-corrected chi connectivity index (χ2v) is 4.52. The first-order valence-corrected chi connectivity index (χ1v) is 6.18. The fourth-order valence-electron chi connectivity index (χ4n) is 1.37. The van der Waals surface area contributed by atoms with Gasteiger partial charge in [0.1, 0.15) is 0 Å². The van der Waals surface area contributed by atoms with Gasteiger partial charge in [0.25, 0.3) is 0 Å². The minimum atomic E-state index is 0.157. The largest absolute Gasteiger partial charge is 0.383 e. The van der Waals surface area contributed by atoms with Crippen LogP contribution in [0.15, 0.2) is 29.4 Å². The van der Waals surface area contributed by atoms with Gasteiger partial charge in [0.05, 0.1) is 12.8 Å².